The molecule has 0 bridgehead atoms. The van der Waals surface area contributed by atoms with E-state index in [1.54, 1.807) is 12.1 Å². The van der Waals surface area contributed by atoms with Crippen LogP contribution in [-0.4, -0.2) is 8.76 Å². The molecule has 0 aliphatic carbocycles. The number of benzene rings is 1. The van der Waals surface area contributed by atoms with Crippen LogP contribution in [0.25, 0.3) is 0 Å². The van der Waals surface area contributed by atoms with Gasteiger partial charge in [0.25, 0.3) is 0 Å². The van der Waals surface area contributed by atoms with E-state index in [0.717, 1.165) is 5.56 Å². The molecule has 0 aliphatic rings. The first-order chi connectivity index (χ1) is 5.70. The van der Waals surface area contributed by atoms with Crippen LogP contribution in [0.5, 0.6) is 0 Å². The highest BCUT2D eigenvalue weighted by molar-refractivity contribution is 7.77. The molecule has 1 aromatic carbocycles. The molecule has 1 unspecified atom stereocenters. The largest absolute Gasteiger partial charge is 0.294 e. The van der Waals surface area contributed by atoms with Crippen LogP contribution in [0.2, 0.25) is 5.02 Å². The predicted molar refractivity (Wildman–Crippen MR) is 49.1 cm³/mol. The van der Waals surface area contributed by atoms with Gasteiger partial charge in [0.1, 0.15) is 0 Å². The van der Waals surface area contributed by atoms with Gasteiger partial charge >= 0.3 is 0 Å². The molecule has 0 aliphatic heterocycles. The minimum Gasteiger partial charge on any atom is -0.294 e. The lowest BCUT2D eigenvalue weighted by Crippen LogP contribution is -2.15. The van der Waals surface area contributed by atoms with Gasteiger partial charge in [-0.1, -0.05) is 29.8 Å². The quantitative estimate of drug-likeness (QED) is 0.736. The molecule has 0 saturated carbocycles. The van der Waals surface area contributed by atoms with E-state index in [-0.39, 0.29) is 0 Å². The summed E-state index contributed by atoms with van der Waals surface area (Å²) in [5.74, 6) is 0. The Labute approximate surface area is 78.2 Å². The van der Waals surface area contributed by atoms with Gasteiger partial charge in [0.05, 0.1) is 0 Å². The van der Waals surface area contributed by atoms with Crippen LogP contribution in [0.1, 0.15) is 5.56 Å². The van der Waals surface area contributed by atoms with Crippen LogP contribution in [-0.2, 0) is 17.8 Å². The molecule has 2 N–H and O–H groups in total. The number of hydrogen-bond donors (Lipinski definition) is 2. The maximum absolute atomic E-state index is 10.2. The molecule has 0 saturated heterocycles. The second-order valence-corrected chi connectivity index (χ2v) is 3.36. The van der Waals surface area contributed by atoms with E-state index in [9.17, 15) is 4.21 Å². The normalized spacial score (nSPS) is 12.8. The summed E-state index contributed by atoms with van der Waals surface area (Å²) in [5, 5.41) is 0.593. The Morgan fingerprint density at radius 1 is 1.50 bits per heavy atom. The zero-order chi connectivity index (χ0) is 8.97. The van der Waals surface area contributed by atoms with Gasteiger partial charge < -0.3 is 0 Å². The van der Waals surface area contributed by atoms with Crippen molar-refractivity contribution in [1.29, 1.82) is 0 Å². The number of hydrogen-bond acceptors (Lipinski definition) is 1. The van der Waals surface area contributed by atoms with Gasteiger partial charge in [-0.3, -0.25) is 4.55 Å². The van der Waals surface area contributed by atoms with E-state index < -0.39 is 11.3 Å². The summed E-state index contributed by atoms with van der Waals surface area (Å²) in [7, 11) is 0. The van der Waals surface area contributed by atoms with Crippen LogP contribution < -0.4 is 4.72 Å². The SMILES string of the molecule is O=S(O)NCc1ccccc1Cl. The first-order valence-corrected chi connectivity index (χ1v) is 4.76. The molecule has 0 spiro atoms. The van der Waals surface area contributed by atoms with Crippen LogP contribution in [0.4, 0.5) is 0 Å². The maximum Gasteiger partial charge on any atom is 0.232 e. The van der Waals surface area contributed by atoms with Crippen molar-refractivity contribution in [1.82, 2.24) is 4.72 Å². The lowest BCUT2D eigenvalue weighted by molar-refractivity contribution is 0.548. The fourth-order valence-electron chi connectivity index (χ4n) is 0.781. The molecule has 0 amide bonds. The lowest BCUT2D eigenvalue weighted by atomic mass is 10.2. The molecule has 0 aromatic heterocycles. The molecule has 5 heteroatoms. The van der Waals surface area contributed by atoms with Gasteiger partial charge in [0, 0.05) is 11.6 Å². The minimum absolute atomic E-state index is 0.294. The molecule has 1 rings (SSSR count). The van der Waals surface area contributed by atoms with Crippen molar-refractivity contribution in [3.8, 4) is 0 Å². The molecular weight excluding hydrogens is 198 g/mol. The highest BCUT2D eigenvalue weighted by Gasteiger charge is 1.98. The summed E-state index contributed by atoms with van der Waals surface area (Å²) < 4.78 is 21.0. The van der Waals surface area contributed by atoms with Gasteiger partial charge in [-0.15, -0.1) is 0 Å². The molecule has 1 atom stereocenters. The zero-order valence-corrected chi connectivity index (χ0v) is 7.73. The van der Waals surface area contributed by atoms with Crippen molar-refractivity contribution in [3.05, 3.63) is 34.9 Å². The summed E-state index contributed by atoms with van der Waals surface area (Å²) in [6.07, 6.45) is 0. The molecule has 0 fully saturated rings. The average molecular weight is 206 g/mol. The third kappa shape index (κ3) is 2.91. The summed E-state index contributed by atoms with van der Waals surface area (Å²) >= 11 is 3.80. The number of halogens is 1. The number of nitrogens with one attached hydrogen (secondary N) is 1. The molecule has 1 aromatic rings. The second-order valence-electron chi connectivity index (χ2n) is 2.16. The first kappa shape index (κ1) is 9.67. The van der Waals surface area contributed by atoms with Gasteiger partial charge in [0.2, 0.25) is 11.3 Å². The monoisotopic (exact) mass is 205 g/mol. The highest BCUT2D eigenvalue weighted by atomic mass is 35.5. The summed E-state index contributed by atoms with van der Waals surface area (Å²) in [6.45, 7) is 0.294. The van der Waals surface area contributed by atoms with E-state index >= 15 is 0 Å². The Balaban J connectivity index is 2.63. The van der Waals surface area contributed by atoms with Crippen LogP contribution >= 0.6 is 11.6 Å². The standard InChI is InChI=1S/C7H8ClNO2S/c8-7-4-2-1-3-6(7)5-9-12(10)11/h1-4,9H,5H2,(H,10,11). The van der Waals surface area contributed by atoms with Crippen LogP contribution in [0.15, 0.2) is 24.3 Å². The Bertz CT molecular complexity index is 292. The van der Waals surface area contributed by atoms with E-state index in [0.29, 0.717) is 11.6 Å². The van der Waals surface area contributed by atoms with Gasteiger partial charge in [-0.2, -0.15) is 0 Å². The summed E-state index contributed by atoms with van der Waals surface area (Å²) in [6, 6.07) is 7.16. The zero-order valence-electron chi connectivity index (χ0n) is 6.16. The van der Waals surface area contributed by atoms with Crippen LogP contribution in [0.3, 0.4) is 0 Å². The Morgan fingerprint density at radius 3 is 2.75 bits per heavy atom. The Kier molecular flexibility index (Phi) is 3.68. The van der Waals surface area contributed by atoms with Crippen molar-refractivity contribution >= 4 is 22.9 Å². The molecule has 3 nitrogen and oxygen atoms in total. The maximum atomic E-state index is 10.2. The number of rotatable bonds is 3. The highest BCUT2D eigenvalue weighted by Crippen LogP contribution is 2.14. The predicted octanol–water partition coefficient (Wildman–Crippen LogP) is 1.57. The molecular formula is C7H8ClNO2S. The molecule has 0 radical (unpaired) electrons. The topological polar surface area (TPSA) is 49.3 Å². The minimum atomic E-state index is -1.98. The second kappa shape index (κ2) is 4.57. The average Bonchev–Trinajstić information content (AvgIpc) is 2.03. The first-order valence-electron chi connectivity index (χ1n) is 3.28. The van der Waals surface area contributed by atoms with E-state index in [4.69, 9.17) is 16.2 Å². The van der Waals surface area contributed by atoms with Crippen molar-refractivity contribution in [2.45, 2.75) is 6.54 Å². The molecule has 0 heterocycles. The summed E-state index contributed by atoms with van der Waals surface area (Å²) in [4.78, 5) is 0. The van der Waals surface area contributed by atoms with Crippen molar-refractivity contribution < 1.29 is 8.76 Å². The van der Waals surface area contributed by atoms with Gasteiger partial charge in [-0.25, -0.2) is 8.93 Å². The van der Waals surface area contributed by atoms with Crippen molar-refractivity contribution in [2.24, 2.45) is 0 Å². The third-order valence-electron chi connectivity index (χ3n) is 1.34. The van der Waals surface area contributed by atoms with Crippen LogP contribution in [0, 0.1) is 0 Å². The van der Waals surface area contributed by atoms with Gasteiger partial charge in [-0.05, 0) is 11.6 Å². The Morgan fingerprint density at radius 2 is 2.17 bits per heavy atom. The van der Waals surface area contributed by atoms with Crippen molar-refractivity contribution in [2.75, 3.05) is 0 Å². The fourth-order valence-corrected chi connectivity index (χ4v) is 1.26. The fraction of sp³-hybridized carbons (Fsp3) is 0.143. The molecule has 66 valence electrons. The molecule has 12 heavy (non-hydrogen) atoms. The summed E-state index contributed by atoms with van der Waals surface area (Å²) in [5.41, 5.74) is 0.807. The Hall–Kier alpha value is -0.420. The lowest BCUT2D eigenvalue weighted by Gasteiger charge is -2.01. The van der Waals surface area contributed by atoms with E-state index in [1.165, 1.54) is 0 Å². The van der Waals surface area contributed by atoms with E-state index in [1.807, 2.05) is 12.1 Å². The van der Waals surface area contributed by atoms with Crippen molar-refractivity contribution in [3.63, 3.8) is 0 Å². The van der Waals surface area contributed by atoms with E-state index in [2.05, 4.69) is 4.72 Å². The smallest absolute Gasteiger partial charge is 0.232 e. The van der Waals surface area contributed by atoms with Gasteiger partial charge in [0.15, 0.2) is 0 Å². The third-order valence-corrected chi connectivity index (χ3v) is 2.10.